The van der Waals surface area contributed by atoms with E-state index in [1.54, 1.807) is 0 Å². The van der Waals surface area contributed by atoms with Crippen LogP contribution in [0, 0.1) is 0 Å². The first-order valence-electron chi connectivity index (χ1n) is 5.97. The Hall–Kier alpha value is -1.06. The average Bonchev–Trinajstić information content (AvgIpc) is 2.15. The van der Waals surface area contributed by atoms with Crippen molar-refractivity contribution in [2.24, 2.45) is 5.73 Å². The molecule has 0 heterocycles. The van der Waals surface area contributed by atoms with Gasteiger partial charge in [-0.15, -0.1) is 6.58 Å². The van der Waals surface area contributed by atoms with Crippen molar-refractivity contribution >= 4 is 8.32 Å². The SMILES string of the molecule is C=C(C)C[C@@H](N)c1ccc(O[Si](C)(C)C)cc1. The first-order chi connectivity index (χ1) is 7.78. The van der Waals surface area contributed by atoms with Crippen LogP contribution in [0.25, 0.3) is 0 Å². The summed E-state index contributed by atoms with van der Waals surface area (Å²) in [5.74, 6) is 0.940. The Kier molecular flexibility index (Phi) is 4.54. The molecule has 2 nitrogen and oxygen atoms in total. The Morgan fingerprint density at radius 1 is 1.29 bits per heavy atom. The largest absolute Gasteiger partial charge is 0.544 e. The van der Waals surface area contributed by atoms with Crippen molar-refractivity contribution in [1.29, 1.82) is 0 Å². The summed E-state index contributed by atoms with van der Waals surface area (Å²) in [6.45, 7) is 12.4. The van der Waals surface area contributed by atoms with Gasteiger partial charge in [0.1, 0.15) is 5.75 Å². The summed E-state index contributed by atoms with van der Waals surface area (Å²) in [6, 6.07) is 8.14. The van der Waals surface area contributed by atoms with Crippen LogP contribution >= 0.6 is 0 Å². The fourth-order valence-corrected chi connectivity index (χ4v) is 2.47. The van der Waals surface area contributed by atoms with Crippen LogP contribution in [0.3, 0.4) is 0 Å². The number of rotatable bonds is 5. The molecule has 0 aromatic heterocycles. The molecule has 0 aliphatic heterocycles. The zero-order valence-corrected chi connectivity index (χ0v) is 12.3. The van der Waals surface area contributed by atoms with Gasteiger partial charge in [0.15, 0.2) is 0 Å². The van der Waals surface area contributed by atoms with Gasteiger partial charge in [0.05, 0.1) is 0 Å². The second-order valence-electron chi connectivity index (χ2n) is 5.55. The summed E-state index contributed by atoms with van der Waals surface area (Å²) in [5, 5.41) is 0. The summed E-state index contributed by atoms with van der Waals surface area (Å²) in [4.78, 5) is 0. The third-order valence-electron chi connectivity index (χ3n) is 2.30. The predicted molar refractivity (Wildman–Crippen MR) is 76.8 cm³/mol. The van der Waals surface area contributed by atoms with Crippen LogP contribution in [0.5, 0.6) is 5.75 Å². The van der Waals surface area contributed by atoms with Crippen LogP contribution in [-0.2, 0) is 0 Å². The molecule has 0 saturated carbocycles. The van der Waals surface area contributed by atoms with Crippen molar-refractivity contribution in [2.75, 3.05) is 0 Å². The molecule has 0 radical (unpaired) electrons. The Bertz CT molecular complexity index is 378. The maximum absolute atomic E-state index is 6.08. The highest BCUT2D eigenvalue weighted by atomic mass is 28.4. The van der Waals surface area contributed by atoms with Crippen molar-refractivity contribution in [3.8, 4) is 5.75 Å². The van der Waals surface area contributed by atoms with Gasteiger partial charge < -0.3 is 10.2 Å². The van der Waals surface area contributed by atoms with Gasteiger partial charge in [-0.3, -0.25) is 0 Å². The van der Waals surface area contributed by atoms with Crippen LogP contribution in [-0.4, -0.2) is 8.32 Å². The van der Waals surface area contributed by atoms with E-state index < -0.39 is 8.32 Å². The molecule has 1 aromatic rings. The van der Waals surface area contributed by atoms with Crippen molar-refractivity contribution in [1.82, 2.24) is 0 Å². The van der Waals surface area contributed by atoms with Crippen molar-refractivity contribution in [2.45, 2.75) is 39.0 Å². The topological polar surface area (TPSA) is 35.2 Å². The number of hydrogen-bond acceptors (Lipinski definition) is 2. The lowest BCUT2D eigenvalue weighted by Gasteiger charge is -2.20. The molecule has 0 spiro atoms. The van der Waals surface area contributed by atoms with E-state index in [1.807, 2.05) is 31.2 Å². The van der Waals surface area contributed by atoms with E-state index in [0.717, 1.165) is 23.3 Å². The molecule has 0 amide bonds. The lowest BCUT2D eigenvalue weighted by Crippen LogP contribution is -2.29. The first-order valence-corrected chi connectivity index (χ1v) is 9.38. The highest BCUT2D eigenvalue weighted by Gasteiger charge is 2.16. The monoisotopic (exact) mass is 249 g/mol. The lowest BCUT2D eigenvalue weighted by molar-refractivity contribution is 0.557. The Labute approximate surface area is 106 Å². The number of hydrogen-bond donors (Lipinski definition) is 1. The summed E-state index contributed by atoms with van der Waals surface area (Å²) >= 11 is 0. The molecular formula is C14H23NOSi. The van der Waals surface area contributed by atoms with E-state index in [4.69, 9.17) is 10.2 Å². The second kappa shape index (κ2) is 5.51. The van der Waals surface area contributed by atoms with Crippen LogP contribution in [0.2, 0.25) is 19.6 Å². The zero-order valence-electron chi connectivity index (χ0n) is 11.3. The molecule has 0 fully saturated rings. The average molecular weight is 249 g/mol. The molecule has 3 heteroatoms. The van der Waals surface area contributed by atoms with Gasteiger partial charge >= 0.3 is 0 Å². The zero-order chi connectivity index (χ0) is 13.1. The standard InChI is InChI=1S/C14H23NOSi/c1-11(2)10-14(15)12-6-8-13(9-7-12)16-17(3,4)5/h6-9,14H,1,10,15H2,2-5H3/t14-/m1/s1. The van der Waals surface area contributed by atoms with Gasteiger partial charge in [0.2, 0.25) is 8.32 Å². The molecular weight excluding hydrogens is 226 g/mol. The molecule has 1 rings (SSSR count). The fraction of sp³-hybridized carbons (Fsp3) is 0.429. The number of benzene rings is 1. The molecule has 0 aliphatic rings. The number of nitrogens with two attached hydrogens (primary N) is 1. The molecule has 0 bridgehead atoms. The first kappa shape index (κ1) is 14.0. The van der Waals surface area contributed by atoms with Crippen molar-refractivity contribution < 1.29 is 4.43 Å². The molecule has 0 saturated heterocycles. The molecule has 17 heavy (non-hydrogen) atoms. The van der Waals surface area contributed by atoms with Crippen LogP contribution < -0.4 is 10.2 Å². The molecule has 0 unspecified atom stereocenters. The van der Waals surface area contributed by atoms with Crippen molar-refractivity contribution in [3.05, 3.63) is 42.0 Å². The van der Waals surface area contributed by atoms with Gasteiger partial charge in [-0.1, -0.05) is 17.7 Å². The Morgan fingerprint density at radius 3 is 2.24 bits per heavy atom. The van der Waals surface area contributed by atoms with Gasteiger partial charge in [0, 0.05) is 6.04 Å². The minimum absolute atomic E-state index is 0.0356. The van der Waals surface area contributed by atoms with Crippen LogP contribution in [0.4, 0.5) is 0 Å². The van der Waals surface area contributed by atoms with Gasteiger partial charge in [-0.25, -0.2) is 0 Å². The van der Waals surface area contributed by atoms with Crippen LogP contribution in [0.1, 0.15) is 24.9 Å². The van der Waals surface area contributed by atoms with Crippen LogP contribution in [0.15, 0.2) is 36.4 Å². The third-order valence-corrected chi connectivity index (χ3v) is 3.15. The van der Waals surface area contributed by atoms with E-state index in [0.29, 0.717) is 0 Å². The summed E-state index contributed by atoms with van der Waals surface area (Å²) < 4.78 is 5.90. The lowest BCUT2D eigenvalue weighted by atomic mass is 10.0. The smallest absolute Gasteiger partial charge is 0.242 e. The van der Waals surface area contributed by atoms with Gasteiger partial charge in [0.25, 0.3) is 0 Å². The van der Waals surface area contributed by atoms with Gasteiger partial charge in [-0.2, -0.15) is 0 Å². The maximum Gasteiger partial charge on any atom is 0.242 e. The Balaban J connectivity index is 2.71. The molecule has 1 aromatic carbocycles. The minimum Gasteiger partial charge on any atom is -0.544 e. The third kappa shape index (κ3) is 5.19. The second-order valence-corrected chi connectivity index (χ2v) is 9.98. The summed E-state index contributed by atoms with van der Waals surface area (Å²) in [5.41, 5.74) is 8.33. The van der Waals surface area contributed by atoms with Crippen molar-refractivity contribution in [3.63, 3.8) is 0 Å². The molecule has 94 valence electrons. The molecule has 2 N–H and O–H groups in total. The maximum atomic E-state index is 6.08. The van der Waals surface area contributed by atoms with E-state index in [1.165, 1.54) is 0 Å². The van der Waals surface area contributed by atoms with E-state index in [-0.39, 0.29) is 6.04 Å². The minimum atomic E-state index is -1.51. The van der Waals surface area contributed by atoms with E-state index in [9.17, 15) is 0 Å². The highest BCUT2D eigenvalue weighted by molar-refractivity contribution is 6.70. The Morgan fingerprint density at radius 2 is 1.82 bits per heavy atom. The highest BCUT2D eigenvalue weighted by Crippen LogP contribution is 2.22. The quantitative estimate of drug-likeness (QED) is 0.635. The predicted octanol–water partition coefficient (Wildman–Crippen LogP) is 3.87. The molecule has 0 aliphatic carbocycles. The normalized spacial score (nSPS) is 13.2. The van der Waals surface area contributed by atoms with E-state index >= 15 is 0 Å². The van der Waals surface area contributed by atoms with Gasteiger partial charge in [-0.05, 0) is 50.7 Å². The summed E-state index contributed by atoms with van der Waals surface area (Å²) in [6.07, 6.45) is 0.828. The molecule has 1 atom stereocenters. The van der Waals surface area contributed by atoms with E-state index in [2.05, 4.69) is 26.2 Å². The fourth-order valence-electron chi connectivity index (χ4n) is 1.63. The summed E-state index contributed by atoms with van der Waals surface area (Å²) in [7, 11) is -1.51.